The van der Waals surface area contributed by atoms with Gasteiger partial charge in [0, 0.05) is 25.9 Å². The van der Waals surface area contributed by atoms with Crippen molar-refractivity contribution in [1.82, 2.24) is 10.3 Å². The molecule has 0 bridgehead atoms. The van der Waals surface area contributed by atoms with E-state index in [0.717, 1.165) is 27.9 Å². The van der Waals surface area contributed by atoms with Gasteiger partial charge in [0.15, 0.2) is 0 Å². The maximum atomic E-state index is 12.3. The van der Waals surface area contributed by atoms with Gasteiger partial charge in [-0.2, -0.15) is 0 Å². The lowest BCUT2D eigenvalue weighted by Gasteiger charge is -2.25. The fourth-order valence-electron chi connectivity index (χ4n) is 2.85. The maximum absolute atomic E-state index is 12.3. The van der Waals surface area contributed by atoms with Crippen molar-refractivity contribution in [2.24, 2.45) is 0 Å². The van der Waals surface area contributed by atoms with Gasteiger partial charge in [-0.1, -0.05) is 17.7 Å². The Bertz CT molecular complexity index is 719. The molecular formula is C19H23N3O2. The van der Waals surface area contributed by atoms with Gasteiger partial charge in [0.05, 0.1) is 5.69 Å². The highest BCUT2D eigenvalue weighted by Crippen LogP contribution is 2.26. The predicted octanol–water partition coefficient (Wildman–Crippen LogP) is 2.68. The Hall–Kier alpha value is -2.69. The van der Waals surface area contributed by atoms with Crippen molar-refractivity contribution in [3.8, 4) is 0 Å². The molecule has 5 nitrogen and oxygen atoms in total. The van der Waals surface area contributed by atoms with E-state index in [4.69, 9.17) is 0 Å². The third-order valence-electron chi connectivity index (χ3n) is 3.83. The Morgan fingerprint density at radius 2 is 1.67 bits per heavy atom. The zero-order valence-corrected chi connectivity index (χ0v) is 14.6. The number of aryl methyl sites for hydroxylation is 3. The largest absolute Gasteiger partial charge is 0.350 e. The van der Waals surface area contributed by atoms with Crippen LogP contribution in [0.4, 0.5) is 5.69 Å². The van der Waals surface area contributed by atoms with Crippen LogP contribution in [0, 0.1) is 20.8 Å². The average molecular weight is 325 g/mol. The van der Waals surface area contributed by atoms with Crippen LogP contribution >= 0.6 is 0 Å². The fraction of sp³-hybridized carbons (Fsp3) is 0.316. The SMILES string of the molecule is CC(=O)N(CC(=O)NCc1ccncc1)c1c(C)cc(C)cc1C. The highest BCUT2D eigenvalue weighted by atomic mass is 16.2. The molecule has 0 aliphatic carbocycles. The number of aromatic nitrogens is 1. The first-order valence-corrected chi connectivity index (χ1v) is 7.90. The Balaban J connectivity index is 2.12. The minimum absolute atomic E-state index is 0.00512. The van der Waals surface area contributed by atoms with Crippen LogP contribution in [0.2, 0.25) is 0 Å². The summed E-state index contributed by atoms with van der Waals surface area (Å²) in [7, 11) is 0. The van der Waals surface area contributed by atoms with Crippen LogP contribution in [-0.4, -0.2) is 23.3 Å². The lowest BCUT2D eigenvalue weighted by Crippen LogP contribution is -2.40. The van der Waals surface area contributed by atoms with E-state index in [1.165, 1.54) is 11.8 Å². The van der Waals surface area contributed by atoms with Gasteiger partial charge >= 0.3 is 0 Å². The number of pyridine rings is 1. The standard InChI is InChI=1S/C19H23N3O2/c1-13-9-14(2)19(15(3)10-13)22(16(4)23)12-18(24)21-11-17-5-7-20-8-6-17/h5-10H,11-12H2,1-4H3,(H,21,24). The van der Waals surface area contributed by atoms with E-state index >= 15 is 0 Å². The van der Waals surface area contributed by atoms with E-state index in [-0.39, 0.29) is 18.4 Å². The summed E-state index contributed by atoms with van der Waals surface area (Å²) in [6, 6.07) is 7.73. The molecule has 5 heteroatoms. The molecule has 1 aromatic heterocycles. The molecule has 0 unspecified atom stereocenters. The van der Waals surface area contributed by atoms with Crippen LogP contribution in [0.1, 0.15) is 29.2 Å². The third kappa shape index (κ3) is 4.41. The van der Waals surface area contributed by atoms with E-state index in [9.17, 15) is 9.59 Å². The van der Waals surface area contributed by atoms with Gasteiger partial charge in [-0.25, -0.2) is 0 Å². The summed E-state index contributed by atoms with van der Waals surface area (Å²) in [6.07, 6.45) is 3.37. The molecule has 2 amide bonds. The molecule has 0 aliphatic heterocycles. The van der Waals surface area contributed by atoms with Crippen molar-refractivity contribution >= 4 is 17.5 Å². The highest BCUT2D eigenvalue weighted by Gasteiger charge is 2.19. The van der Waals surface area contributed by atoms with Crippen LogP contribution in [-0.2, 0) is 16.1 Å². The van der Waals surface area contributed by atoms with E-state index in [1.54, 1.807) is 12.4 Å². The number of carbonyl (C=O) groups is 2. The summed E-state index contributed by atoms with van der Waals surface area (Å²) in [6.45, 7) is 7.84. The molecule has 1 aromatic carbocycles. The second-order valence-electron chi connectivity index (χ2n) is 5.98. The molecule has 0 aliphatic rings. The number of benzene rings is 1. The number of nitrogens with one attached hydrogen (secondary N) is 1. The van der Waals surface area contributed by atoms with Gasteiger partial charge in [-0.15, -0.1) is 0 Å². The Morgan fingerprint density at radius 1 is 1.08 bits per heavy atom. The zero-order chi connectivity index (χ0) is 17.7. The normalized spacial score (nSPS) is 10.3. The fourth-order valence-corrected chi connectivity index (χ4v) is 2.85. The van der Waals surface area contributed by atoms with Crippen molar-refractivity contribution in [2.45, 2.75) is 34.2 Å². The molecule has 2 rings (SSSR count). The first kappa shape index (κ1) is 17.7. The van der Waals surface area contributed by atoms with Gasteiger partial charge in [0.1, 0.15) is 6.54 Å². The van der Waals surface area contributed by atoms with Crippen LogP contribution < -0.4 is 10.2 Å². The van der Waals surface area contributed by atoms with Crippen molar-refractivity contribution in [3.63, 3.8) is 0 Å². The van der Waals surface area contributed by atoms with Gasteiger partial charge in [-0.3, -0.25) is 14.6 Å². The van der Waals surface area contributed by atoms with Crippen LogP contribution in [0.3, 0.4) is 0 Å². The van der Waals surface area contributed by atoms with E-state index in [2.05, 4.69) is 10.3 Å². The van der Waals surface area contributed by atoms with Crippen LogP contribution in [0.5, 0.6) is 0 Å². The van der Waals surface area contributed by atoms with E-state index in [1.807, 2.05) is 45.0 Å². The minimum Gasteiger partial charge on any atom is -0.350 e. The number of nitrogens with zero attached hydrogens (tertiary/aromatic N) is 2. The average Bonchev–Trinajstić information content (AvgIpc) is 2.52. The van der Waals surface area contributed by atoms with E-state index in [0.29, 0.717) is 6.54 Å². The summed E-state index contributed by atoms with van der Waals surface area (Å²) < 4.78 is 0. The van der Waals surface area contributed by atoms with Gasteiger partial charge in [0.2, 0.25) is 11.8 Å². The lowest BCUT2D eigenvalue weighted by atomic mass is 10.0. The smallest absolute Gasteiger partial charge is 0.240 e. The molecule has 0 saturated heterocycles. The molecule has 0 saturated carbocycles. The summed E-state index contributed by atoms with van der Waals surface area (Å²) in [5, 5.41) is 2.84. The van der Waals surface area contributed by atoms with E-state index < -0.39 is 0 Å². The molecule has 0 radical (unpaired) electrons. The van der Waals surface area contributed by atoms with Gasteiger partial charge in [-0.05, 0) is 49.6 Å². The van der Waals surface area contributed by atoms with Crippen LogP contribution in [0.25, 0.3) is 0 Å². The quantitative estimate of drug-likeness (QED) is 0.919. The summed E-state index contributed by atoms with van der Waals surface area (Å²) >= 11 is 0. The molecule has 24 heavy (non-hydrogen) atoms. The monoisotopic (exact) mass is 325 g/mol. The van der Waals surface area contributed by atoms with Gasteiger partial charge in [0.25, 0.3) is 0 Å². The molecule has 0 fully saturated rings. The Labute approximate surface area is 142 Å². The van der Waals surface area contributed by atoms with Crippen molar-refractivity contribution in [3.05, 3.63) is 58.9 Å². The molecule has 1 N–H and O–H groups in total. The second kappa shape index (κ2) is 7.73. The van der Waals surface area contributed by atoms with Gasteiger partial charge < -0.3 is 10.2 Å². The lowest BCUT2D eigenvalue weighted by molar-refractivity contribution is -0.123. The van der Waals surface area contributed by atoms with Crippen LogP contribution in [0.15, 0.2) is 36.7 Å². The number of anilines is 1. The molecule has 0 atom stereocenters. The van der Waals surface area contributed by atoms with Crippen molar-refractivity contribution in [2.75, 3.05) is 11.4 Å². The second-order valence-corrected chi connectivity index (χ2v) is 5.98. The molecule has 0 spiro atoms. The Morgan fingerprint density at radius 3 is 2.21 bits per heavy atom. The molecular weight excluding hydrogens is 302 g/mol. The number of amides is 2. The van der Waals surface area contributed by atoms with Crippen molar-refractivity contribution < 1.29 is 9.59 Å². The highest BCUT2D eigenvalue weighted by molar-refractivity contribution is 5.98. The van der Waals surface area contributed by atoms with Crippen molar-refractivity contribution in [1.29, 1.82) is 0 Å². The zero-order valence-electron chi connectivity index (χ0n) is 14.6. The number of hydrogen-bond donors (Lipinski definition) is 1. The number of carbonyl (C=O) groups excluding carboxylic acids is 2. The third-order valence-corrected chi connectivity index (χ3v) is 3.83. The molecule has 2 aromatic rings. The maximum Gasteiger partial charge on any atom is 0.240 e. The first-order chi connectivity index (χ1) is 11.4. The predicted molar refractivity (Wildman–Crippen MR) is 94.8 cm³/mol. The number of hydrogen-bond acceptors (Lipinski definition) is 3. The number of rotatable bonds is 5. The Kier molecular flexibility index (Phi) is 5.68. The molecule has 126 valence electrons. The first-order valence-electron chi connectivity index (χ1n) is 7.90. The molecule has 1 heterocycles. The summed E-state index contributed by atoms with van der Waals surface area (Å²) in [5.74, 6) is -0.342. The summed E-state index contributed by atoms with van der Waals surface area (Å²) in [4.78, 5) is 29.8. The topological polar surface area (TPSA) is 62.3 Å². The minimum atomic E-state index is -0.193. The summed E-state index contributed by atoms with van der Waals surface area (Å²) in [5.41, 5.74) is 4.90.